The lowest BCUT2D eigenvalue weighted by Crippen LogP contribution is -2.09. The number of aromatic nitrogens is 3. The van der Waals surface area contributed by atoms with Gasteiger partial charge >= 0.3 is 0 Å². The molecule has 10 heteroatoms. The van der Waals surface area contributed by atoms with E-state index in [-0.39, 0.29) is 17.4 Å². The molecule has 0 aliphatic carbocycles. The van der Waals surface area contributed by atoms with Crippen LogP contribution < -0.4 is 4.74 Å². The third-order valence-electron chi connectivity index (χ3n) is 5.55. The van der Waals surface area contributed by atoms with Gasteiger partial charge in [-0.25, -0.2) is 22.8 Å². The molecule has 0 bridgehead atoms. The smallest absolute Gasteiger partial charge is 0.218 e. The van der Waals surface area contributed by atoms with Gasteiger partial charge in [0, 0.05) is 31.3 Å². The van der Waals surface area contributed by atoms with Crippen LogP contribution in [0.5, 0.6) is 5.75 Å². The Morgan fingerprint density at radius 2 is 1.95 bits per heavy atom. The number of unbranched alkanes of at least 4 members (excludes halogenated alkanes) is 1. The van der Waals surface area contributed by atoms with E-state index < -0.39 is 15.7 Å². The summed E-state index contributed by atoms with van der Waals surface area (Å²) in [5.74, 6) is 1.17. The number of hydrogen-bond acceptors (Lipinski definition) is 6. The van der Waals surface area contributed by atoms with Gasteiger partial charge in [-0.05, 0) is 60.7 Å². The van der Waals surface area contributed by atoms with Gasteiger partial charge in [-0.2, -0.15) is 0 Å². The predicted molar refractivity (Wildman–Crippen MR) is 141 cm³/mol. The normalized spacial score (nSPS) is 11.9. The second kappa shape index (κ2) is 12.2. The number of aryl methyl sites for hydroxylation is 2. The highest BCUT2D eigenvalue weighted by Gasteiger charge is 2.10. The van der Waals surface area contributed by atoms with Crippen LogP contribution in [0.3, 0.4) is 0 Å². The number of oxazole rings is 1. The van der Waals surface area contributed by atoms with E-state index in [1.807, 2.05) is 35.0 Å². The second-order valence-electron chi connectivity index (χ2n) is 8.68. The summed E-state index contributed by atoms with van der Waals surface area (Å²) in [5.41, 5.74) is 2.49. The van der Waals surface area contributed by atoms with Gasteiger partial charge in [-0.15, -0.1) is 0 Å². The van der Waals surface area contributed by atoms with E-state index in [0.29, 0.717) is 23.0 Å². The first-order chi connectivity index (χ1) is 17.7. The Kier molecular flexibility index (Phi) is 8.78. The molecule has 2 aromatic heterocycles. The van der Waals surface area contributed by atoms with Crippen LogP contribution in [0.1, 0.15) is 41.4 Å². The molecule has 0 aliphatic heterocycles. The highest BCUT2D eigenvalue weighted by molar-refractivity contribution is 7.89. The Morgan fingerprint density at radius 3 is 2.70 bits per heavy atom. The van der Waals surface area contributed by atoms with Crippen molar-refractivity contribution in [1.29, 1.82) is 0 Å². The number of hydrogen-bond donors (Lipinski definition) is 0. The van der Waals surface area contributed by atoms with Crippen molar-refractivity contribution in [3.8, 4) is 5.75 Å². The van der Waals surface area contributed by atoms with Crippen LogP contribution in [0.4, 0.5) is 4.39 Å². The molecule has 0 aliphatic rings. The van der Waals surface area contributed by atoms with E-state index in [1.54, 1.807) is 24.4 Å². The van der Waals surface area contributed by atoms with Crippen molar-refractivity contribution in [3.63, 3.8) is 0 Å². The molecule has 0 spiro atoms. The summed E-state index contributed by atoms with van der Waals surface area (Å²) in [6.45, 7) is 0.991. The van der Waals surface area contributed by atoms with Crippen LogP contribution in [0.25, 0.3) is 12.2 Å². The quantitative estimate of drug-likeness (QED) is 0.204. The van der Waals surface area contributed by atoms with Gasteiger partial charge in [0.05, 0.1) is 5.02 Å². The zero-order valence-corrected chi connectivity index (χ0v) is 21.9. The lowest BCUT2D eigenvalue weighted by Gasteiger charge is -2.08. The summed E-state index contributed by atoms with van der Waals surface area (Å²) in [7, 11) is -3.11. The van der Waals surface area contributed by atoms with Gasteiger partial charge < -0.3 is 13.7 Å². The molecule has 7 nitrogen and oxygen atoms in total. The van der Waals surface area contributed by atoms with E-state index in [0.717, 1.165) is 31.6 Å². The van der Waals surface area contributed by atoms with Gasteiger partial charge in [0.15, 0.2) is 9.84 Å². The molecule has 0 radical (unpaired) electrons. The zero-order valence-electron chi connectivity index (χ0n) is 20.3. The summed E-state index contributed by atoms with van der Waals surface area (Å²) >= 11 is 5.70. The SMILES string of the molecule is CS(=O)(=O)Cc1nccn1CCCCc1ccc(OCc2coc(/C=C/c3ccc(Cl)c(F)c3)n2)cc1. The molecular formula is C27H27ClFN3O4S. The van der Waals surface area contributed by atoms with Crippen LogP contribution in [-0.4, -0.2) is 29.2 Å². The first kappa shape index (κ1) is 26.6. The molecule has 2 heterocycles. The fourth-order valence-electron chi connectivity index (χ4n) is 3.69. The van der Waals surface area contributed by atoms with Crippen LogP contribution in [0.15, 0.2) is 65.5 Å². The molecule has 4 rings (SSSR count). The van der Waals surface area contributed by atoms with Crippen LogP contribution in [-0.2, 0) is 35.2 Å². The van der Waals surface area contributed by atoms with Gasteiger partial charge in [-0.1, -0.05) is 29.8 Å². The van der Waals surface area contributed by atoms with E-state index in [9.17, 15) is 12.8 Å². The van der Waals surface area contributed by atoms with E-state index in [2.05, 4.69) is 9.97 Å². The van der Waals surface area contributed by atoms with Gasteiger partial charge in [-0.3, -0.25) is 0 Å². The van der Waals surface area contributed by atoms with E-state index in [4.69, 9.17) is 20.8 Å². The Bertz CT molecular complexity index is 1460. The fraction of sp³-hybridized carbons (Fsp3) is 0.259. The summed E-state index contributed by atoms with van der Waals surface area (Å²) in [6, 6.07) is 12.4. The van der Waals surface area contributed by atoms with Crippen molar-refractivity contribution in [2.24, 2.45) is 0 Å². The largest absolute Gasteiger partial charge is 0.487 e. The Balaban J connectivity index is 1.20. The highest BCUT2D eigenvalue weighted by Crippen LogP contribution is 2.19. The lowest BCUT2D eigenvalue weighted by atomic mass is 10.1. The molecule has 0 saturated carbocycles. The average molecular weight is 544 g/mol. The van der Waals surface area contributed by atoms with Crippen LogP contribution in [0, 0.1) is 5.82 Å². The molecule has 4 aromatic rings. The number of ether oxygens (including phenoxy) is 1. The summed E-state index contributed by atoms with van der Waals surface area (Å²) in [5, 5.41) is 0.0773. The molecule has 0 N–H and O–H groups in total. The van der Waals surface area contributed by atoms with Crippen molar-refractivity contribution < 1.29 is 22.0 Å². The number of benzene rings is 2. The maximum Gasteiger partial charge on any atom is 0.218 e. The second-order valence-corrected chi connectivity index (χ2v) is 11.2. The minimum absolute atomic E-state index is 0.0432. The molecular weight excluding hydrogens is 517 g/mol. The number of rotatable bonds is 12. The number of sulfone groups is 1. The lowest BCUT2D eigenvalue weighted by molar-refractivity contribution is 0.301. The summed E-state index contributed by atoms with van der Waals surface area (Å²) in [4.78, 5) is 8.51. The third kappa shape index (κ3) is 8.30. The first-order valence-electron chi connectivity index (χ1n) is 11.7. The summed E-state index contributed by atoms with van der Waals surface area (Å²) in [6.07, 6.45) is 12.3. The predicted octanol–water partition coefficient (Wildman–Crippen LogP) is 5.98. The van der Waals surface area contributed by atoms with Crippen LogP contribution in [0.2, 0.25) is 5.02 Å². The zero-order chi connectivity index (χ0) is 26.3. The number of imidazole rings is 1. The minimum atomic E-state index is -3.11. The number of halogens is 2. The monoisotopic (exact) mass is 543 g/mol. The molecule has 37 heavy (non-hydrogen) atoms. The van der Waals surface area contributed by atoms with Gasteiger partial charge in [0.2, 0.25) is 5.89 Å². The molecule has 0 fully saturated rings. The summed E-state index contributed by atoms with van der Waals surface area (Å²) < 4.78 is 49.7. The molecule has 0 unspecified atom stereocenters. The van der Waals surface area contributed by atoms with Crippen molar-refractivity contribution in [3.05, 3.63) is 100 Å². The topological polar surface area (TPSA) is 87.2 Å². The Morgan fingerprint density at radius 1 is 1.14 bits per heavy atom. The number of nitrogens with zero attached hydrogens (tertiary/aromatic N) is 3. The molecule has 2 aromatic carbocycles. The van der Waals surface area contributed by atoms with Crippen molar-refractivity contribution in [2.45, 2.75) is 38.2 Å². The van der Waals surface area contributed by atoms with Crippen molar-refractivity contribution in [2.75, 3.05) is 6.26 Å². The van der Waals surface area contributed by atoms with Gasteiger partial charge in [0.1, 0.15) is 41.7 Å². The highest BCUT2D eigenvalue weighted by atomic mass is 35.5. The maximum atomic E-state index is 13.5. The standard InChI is InChI=1S/C27H27ClFN3O4S/c1-37(33,34)19-26-30-13-15-32(26)14-3-2-4-20-5-9-23(10-6-20)35-17-22-18-36-27(31-22)12-8-21-7-11-24(28)25(29)16-21/h5-13,15-16,18H,2-4,14,17,19H2,1H3/b12-8+. The van der Waals surface area contributed by atoms with Crippen molar-refractivity contribution >= 4 is 33.6 Å². The van der Waals surface area contributed by atoms with Crippen molar-refractivity contribution in [1.82, 2.24) is 14.5 Å². The molecule has 0 amide bonds. The Labute approximate surface area is 220 Å². The molecule has 194 valence electrons. The molecule has 0 atom stereocenters. The van der Waals surface area contributed by atoms with Gasteiger partial charge in [0.25, 0.3) is 0 Å². The average Bonchev–Trinajstić information content (AvgIpc) is 3.50. The molecule has 0 saturated heterocycles. The fourth-order valence-corrected chi connectivity index (χ4v) is 4.52. The van der Waals surface area contributed by atoms with E-state index >= 15 is 0 Å². The Hall–Kier alpha value is -3.43. The van der Waals surface area contributed by atoms with Crippen LogP contribution >= 0.6 is 11.6 Å². The maximum absolute atomic E-state index is 13.5. The van der Waals surface area contributed by atoms with E-state index in [1.165, 1.54) is 30.2 Å². The first-order valence-corrected chi connectivity index (χ1v) is 14.2. The third-order valence-corrected chi connectivity index (χ3v) is 6.64. The minimum Gasteiger partial charge on any atom is -0.487 e.